The minimum atomic E-state index is -4.44. The van der Waals surface area contributed by atoms with E-state index in [1.807, 2.05) is 6.07 Å². The van der Waals surface area contributed by atoms with Crippen molar-refractivity contribution in [1.82, 2.24) is 9.55 Å². The van der Waals surface area contributed by atoms with Gasteiger partial charge in [0.15, 0.2) is 0 Å². The third-order valence-corrected chi connectivity index (χ3v) is 6.81. The van der Waals surface area contributed by atoms with Gasteiger partial charge in [0.05, 0.1) is 35.9 Å². The van der Waals surface area contributed by atoms with E-state index in [1.54, 1.807) is 28.8 Å². The van der Waals surface area contributed by atoms with E-state index >= 15 is 0 Å². The number of morpholine rings is 1. The molecule has 6 rings (SSSR count). The predicted octanol–water partition coefficient (Wildman–Crippen LogP) is 3.87. The van der Waals surface area contributed by atoms with Crippen molar-refractivity contribution >= 4 is 5.82 Å². The van der Waals surface area contributed by atoms with Crippen LogP contribution in [0.2, 0.25) is 0 Å². The van der Waals surface area contributed by atoms with Crippen molar-refractivity contribution < 1.29 is 27.4 Å². The minimum absolute atomic E-state index is 0.0576. The number of nitriles is 1. The van der Waals surface area contributed by atoms with E-state index in [-0.39, 0.29) is 46.9 Å². The molecular weight excluding hydrogens is 477 g/mol. The summed E-state index contributed by atoms with van der Waals surface area (Å²) < 4.78 is 57.1. The van der Waals surface area contributed by atoms with E-state index in [1.165, 1.54) is 12.1 Å². The maximum atomic E-state index is 12.8. The van der Waals surface area contributed by atoms with E-state index < -0.39 is 11.7 Å². The minimum Gasteiger partial charge on any atom is -0.473 e. The quantitative estimate of drug-likeness (QED) is 0.530. The first-order chi connectivity index (χ1) is 17.2. The molecule has 8 nitrogen and oxygen atoms in total. The lowest BCUT2D eigenvalue weighted by Gasteiger charge is -2.32. The molecule has 184 valence electrons. The molecular formula is C25H19F3N4O4. The number of anilines is 1. The fraction of sp³-hybridized carbons (Fsp3) is 0.320. The van der Waals surface area contributed by atoms with E-state index in [2.05, 4.69) is 9.88 Å². The van der Waals surface area contributed by atoms with Gasteiger partial charge in [0.25, 0.3) is 0 Å². The molecule has 3 aromatic rings. The zero-order valence-electron chi connectivity index (χ0n) is 18.8. The number of hydrogen-bond acceptors (Lipinski definition) is 7. The van der Waals surface area contributed by atoms with Crippen molar-refractivity contribution in [1.29, 1.82) is 5.26 Å². The van der Waals surface area contributed by atoms with E-state index in [9.17, 15) is 23.2 Å². The van der Waals surface area contributed by atoms with Gasteiger partial charge in [-0.1, -0.05) is 6.07 Å². The number of aromatic nitrogens is 2. The Morgan fingerprint density at radius 3 is 2.72 bits per heavy atom. The molecule has 0 unspecified atom stereocenters. The number of rotatable bonds is 5. The zero-order valence-corrected chi connectivity index (χ0v) is 18.8. The second kappa shape index (κ2) is 7.99. The van der Waals surface area contributed by atoms with Crippen LogP contribution < -0.4 is 20.1 Å². The summed E-state index contributed by atoms with van der Waals surface area (Å²) in [6, 6.07) is 12.8. The highest BCUT2D eigenvalue weighted by atomic mass is 19.4. The molecule has 3 aliphatic heterocycles. The largest absolute Gasteiger partial charge is 0.473 e. The summed E-state index contributed by atoms with van der Waals surface area (Å²) in [5, 5.41) is 9.55. The molecule has 2 aromatic carbocycles. The molecule has 36 heavy (non-hydrogen) atoms. The van der Waals surface area contributed by atoms with Gasteiger partial charge >= 0.3 is 11.9 Å². The Hall–Kier alpha value is -4.04. The molecule has 0 radical (unpaired) electrons. The average molecular weight is 496 g/mol. The topological polar surface area (TPSA) is 89.6 Å². The maximum absolute atomic E-state index is 12.8. The van der Waals surface area contributed by atoms with Crippen LogP contribution in [0.25, 0.3) is 0 Å². The van der Waals surface area contributed by atoms with Gasteiger partial charge < -0.3 is 19.1 Å². The lowest BCUT2D eigenvalue weighted by atomic mass is 10.0. The van der Waals surface area contributed by atoms with E-state index in [0.29, 0.717) is 18.7 Å². The Morgan fingerprint density at radius 2 is 2.00 bits per heavy atom. The first kappa shape index (κ1) is 22.4. The second-order valence-corrected chi connectivity index (χ2v) is 9.15. The fourth-order valence-electron chi connectivity index (χ4n) is 5.10. The number of ether oxygens (including phenoxy) is 3. The molecule has 3 aliphatic rings. The van der Waals surface area contributed by atoms with Crippen molar-refractivity contribution in [3.63, 3.8) is 0 Å². The second-order valence-electron chi connectivity index (χ2n) is 9.15. The molecule has 1 aromatic heterocycles. The molecule has 2 bridgehead atoms. The van der Waals surface area contributed by atoms with Crippen molar-refractivity contribution in [2.45, 2.75) is 37.4 Å². The molecule has 2 saturated heterocycles. The highest BCUT2D eigenvalue weighted by Crippen LogP contribution is 2.46. The maximum Gasteiger partial charge on any atom is 0.416 e. The predicted molar refractivity (Wildman–Crippen MR) is 120 cm³/mol. The summed E-state index contributed by atoms with van der Waals surface area (Å²) in [5.41, 5.74) is -0.523. The van der Waals surface area contributed by atoms with Crippen LogP contribution in [0.4, 0.5) is 19.0 Å². The Morgan fingerprint density at radius 1 is 1.19 bits per heavy atom. The highest BCUT2D eigenvalue weighted by molar-refractivity contribution is 5.53. The van der Waals surface area contributed by atoms with Gasteiger partial charge in [-0.2, -0.15) is 23.4 Å². The van der Waals surface area contributed by atoms with Gasteiger partial charge in [-0.25, -0.2) is 4.79 Å². The number of alkyl halides is 3. The molecule has 0 amide bonds. The molecule has 4 heterocycles. The van der Waals surface area contributed by atoms with Crippen molar-refractivity contribution in [3.05, 3.63) is 75.7 Å². The number of nitrogens with zero attached hydrogens (tertiary/aromatic N) is 4. The van der Waals surface area contributed by atoms with Crippen molar-refractivity contribution in [2.24, 2.45) is 0 Å². The lowest BCUT2D eigenvalue weighted by Crippen LogP contribution is -2.46. The molecule has 11 heteroatoms. The van der Waals surface area contributed by atoms with Crippen LogP contribution in [0.5, 0.6) is 17.4 Å². The molecule has 2 atom stereocenters. The summed E-state index contributed by atoms with van der Waals surface area (Å²) in [6.45, 7) is 1.93. The van der Waals surface area contributed by atoms with Gasteiger partial charge in [0, 0.05) is 19.0 Å². The zero-order chi connectivity index (χ0) is 25.1. The highest BCUT2D eigenvalue weighted by Gasteiger charge is 2.56. The van der Waals surface area contributed by atoms with Crippen LogP contribution in [-0.4, -0.2) is 34.3 Å². The van der Waals surface area contributed by atoms with E-state index in [0.717, 1.165) is 30.9 Å². The lowest BCUT2D eigenvalue weighted by molar-refractivity contribution is -0.137. The van der Waals surface area contributed by atoms with Gasteiger partial charge in [-0.05, 0) is 42.0 Å². The fourth-order valence-corrected chi connectivity index (χ4v) is 5.10. The third kappa shape index (κ3) is 3.74. The van der Waals surface area contributed by atoms with Crippen LogP contribution in [0.1, 0.15) is 23.1 Å². The third-order valence-electron chi connectivity index (χ3n) is 6.81. The van der Waals surface area contributed by atoms with Gasteiger partial charge in [0.1, 0.15) is 30.0 Å². The van der Waals surface area contributed by atoms with Crippen molar-refractivity contribution in [3.8, 4) is 23.4 Å². The normalized spacial score (nSPS) is 21.7. The van der Waals surface area contributed by atoms with Crippen LogP contribution >= 0.6 is 0 Å². The van der Waals surface area contributed by atoms with Gasteiger partial charge in [-0.3, -0.25) is 4.57 Å². The molecule has 0 saturated carbocycles. The van der Waals surface area contributed by atoms with Crippen LogP contribution in [0.3, 0.4) is 0 Å². The van der Waals surface area contributed by atoms with Gasteiger partial charge in [0.2, 0.25) is 5.88 Å². The number of benzene rings is 2. The standard InChI is InChI=1S/C25H19F3N4O4/c26-25(27,28)17-2-4-18(5-3-17)36-20-6-1-15(7-16(20)10-29)12-34-21-8-22-31(23(33)30-21)13-24-9-19(35-14-24)11-32(22)24/h1-8,19H,9,11-14H2/t19-,24+/m0/s1. The Bertz CT molecular complexity index is 1450. The Balaban J connectivity index is 1.16. The van der Waals surface area contributed by atoms with Crippen LogP contribution in [0, 0.1) is 11.3 Å². The smallest absolute Gasteiger partial charge is 0.416 e. The average Bonchev–Trinajstić information content (AvgIpc) is 3.52. The summed E-state index contributed by atoms with van der Waals surface area (Å²) in [5.74, 6) is 1.33. The number of halogens is 3. The molecule has 0 N–H and O–H groups in total. The summed E-state index contributed by atoms with van der Waals surface area (Å²) >= 11 is 0. The molecule has 1 spiro atoms. The summed E-state index contributed by atoms with van der Waals surface area (Å²) in [7, 11) is 0. The summed E-state index contributed by atoms with van der Waals surface area (Å²) in [4.78, 5) is 18.9. The van der Waals surface area contributed by atoms with Crippen LogP contribution in [0.15, 0.2) is 53.3 Å². The molecule has 2 fully saturated rings. The van der Waals surface area contributed by atoms with Crippen LogP contribution in [-0.2, 0) is 24.1 Å². The van der Waals surface area contributed by atoms with Crippen molar-refractivity contribution in [2.75, 3.05) is 18.1 Å². The molecule has 0 aliphatic carbocycles. The van der Waals surface area contributed by atoms with Gasteiger partial charge in [-0.15, -0.1) is 0 Å². The SMILES string of the molecule is N#Cc1cc(COc2cc3n(c(=O)n2)C[C@]24CO[C@H](CN32)C4)ccc1Oc1ccc(C(F)(F)F)cc1. The number of fused-ring (bicyclic) bond motifs is 3. The monoisotopic (exact) mass is 496 g/mol. The Labute approximate surface area is 203 Å². The Kier molecular flexibility index (Phi) is 4.98. The first-order valence-electron chi connectivity index (χ1n) is 11.3. The first-order valence-corrected chi connectivity index (χ1v) is 11.3. The summed E-state index contributed by atoms with van der Waals surface area (Å²) in [6.07, 6.45) is -3.37. The van der Waals surface area contributed by atoms with E-state index in [4.69, 9.17) is 14.2 Å². The number of hydrogen-bond donors (Lipinski definition) is 0.